The summed E-state index contributed by atoms with van der Waals surface area (Å²) in [6, 6.07) is -0.958. The molecule has 0 unspecified atom stereocenters. The summed E-state index contributed by atoms with van der Waals surface area (Å²) in [5.41, 5.74) is 0. The predicted molar refractivity (Wildman–Crippen MR) is 121 cm³/mol. The zero-order chi connectivity index (χ0) is 24.9. The molecule has 5 N–H and O–H groups in total. The highest BCUT2D eigenvalue weighted by molar-refractivity contribution is 6.12. The molecule has 192 valence electrons. The quantitative estimate of drug-likeness (QED) is 0.148. The van der Waals surface area contributed by atoms with E-state index in [0.29, 0.717) is 19.4 Å². The van der Waals surface area contributed by atoms with Crippen molar-refractivity contribution >= 4 is 23.6 Å². The molecule has 0 saturated carbocycles. The summed E-state index contributed by atoms with van der Waals surface area (Å²) in [6.07, 6.45) is 7.21. The Kier molecular flexibility index (Phi) is 12.2. The first-order valence-electron chi connectivity index (χ1n) is 12.0. The largest absolute Gasteiger partial charge is 0.394 e. The molecule has 4 atom stereocenters. The van der Waals surface area contributed by atoms with Gasteiger partial charge in [0.2, 0.25) is 11.8 Å². The van der Waals surface area contributed by atoms with Crippen LogP contribution < -0.4 is 10.6 Å². The maximum Gasteiger partial charge on any atom is 0.253 e. The maximum absolute atomic E-state index is 12.1. The number of nitrogens with zero attached hydrogens (tertiary/aromatic N) is 1. The first-order valence-corrected chi connectivity index (χ1v) is 12.0. The number of carbonyl (C=O) groups is 4. The average Bonchev–Trinajstić information content (AvgIpc) is 3.14. The van der Waals surface area contributed by atoms with Crippen molar-refractivity contribution in [2.24, 2.45) is 0 Å². The van der Waals surface area contributed by atoms with Gasteiger partial charge in [-0.3, -0.25) is 24.1 Å². The van der Waals surface area contributed by atoms with E-state index >= 15 is 0 Å². The van der Waals surface area contributed by atoms with Crippen molar-refractivity contribution < 1.29 is 39.2 Å². The number of imide groups is 1. The molecule has 1 fully saturated rings. The molecule has 0 bridgehead atoms. The number of hydrogen-bond donors (Lipinski definition) is 5. The van der Waals surface area contributed by atoms with Gasteiger partial charge in [-0.2, -0.15) is 0 Å². The van der Waals surface area contributed by atoms with Gasteiger partial charge in [0.05, 0.1) is 25.8 Å². The van der Waals surface area contributed by atoms with Crippen LogP contribution in [-0.2, 0) is 23.9 Å². The van der Waals surface area contributed by atoms with Crippen LogP contribution in [0.3, 0.4) is 0 Å². The number of rotatable bonds is 15. The molecule has 0 spiro atoms. The third-order valence-electron chi connectivity index (χ3n) is 6.03. The van der Waals surface area contributed by atoms with E-state index in [1.165, 1.54) is 17.1 Å². The minimum atomic E-state index is -1.26. The van der Waals surface area contributed by atoms with Gasteiger partial charge in [-0.25, -0.2) is 0 Å². The Morgan fingerprint density at radius 1 is 0.941 bits per heavy atom. The third kappa shape index (κ3) is 9.13. The maximum atomic E-state index is 12.1. The van der Waals surface area contributed by atoms with Crippen LogP contribution in [0.15, 0.2) is 12.2 Å². The molecule has 2 heterocycles. The summed E-state index contributed by atoms with van der Waals surface area (Å²) < 4.78 is 5.20. The molecule has 0 aliphatic carbocycles. The van der Waals surface area contributed by atoms with Crippen LogP contribution >= 0.6 is 0 Å². The van der Waals surface area contributed by atoms with Gasteiger partial charge < -0.3 is 30.7 Å². The number of ether oxygens (including phenoxy) is 1. The fraction of sp³-hybridized carbons (Fsp3) is 0.739. The van der Waals surface area contributed by atoms with Crippen molar-refractivity contribution in [3.05, 3.63) is 12.2 Å². The lowest BCUT2D eigenvalue weighted by Crippen LogP contribution is -2.62. The third-order valence-corrected chi connectivity index (χ3v) is 6.03. The summed E-state index contributed by atoms with van der Waals surface area (Å²) in [7, 11) is 0. The summed E-state index contributed by atoms with van der Waals surface area (Å²) in [6.45, 7) is -0.340. The first kappa shape index (κ1) is 27.9. The molecule has 1 saturated heterocycles. The van der Waals surface area contributed by atoms with Crippen molar-refractivity contribution in [2.75, 3.05) is 26.3 Å². The molecule has 34 heavy (non-hydrogen) atoms. The normalized spacial score (nSPS) is 24.5. The molecule has 0 aromatic heterocycles. The van der Waals surface area contributed by atoms with E-state index in [1.54, 1.807) is 0 Å². The van der Waals surface area contributed by atoms with Crippen LogP contribution in [0.1, 0.15) is 57.8 Å². The van der Waals surface area contributed by atoms with Gasteiger partial charge in [0.1, 0.15) is 18.3 Å². The molecule has 4 amide bonds. The lowest BCUT2D eigenvalue weighted by atomic mass is 9.97. The van der Waals surface area contributed by atoms with Gasteiger partial charge in [-0.05, 0) is 12.8 Å². The lowest BCUT2D eigenvalue weighted by molar-refractivity contribution is -0.156. The number of nitrogens with one attached hydrogen (secondary N) is 2. The molecular weight excluding hydrogens is 446 g/mol. The van der Waals surface area contributed by atoms with Crippen molar-refractivity contribution in [3.63, 3.8) is 0 Å². The van der Waals surface area contributed by atoms with Gasteiger partial charge in [0.25, 0.3) is 11.8 Å². The monoisotopic (exact) mass is 483 g/mol. The van der Waals surface area contributed by atoms with Gasteiger partial charge in [0.15, 0.2) is 0 Å². The Balaban J connectivity index is 1.44. The molecule has 0 aromatic rings. The SMILES string of the molecule is O=C(CCCCCCCCCCN1C(=O)C=CC1=O)NCC(=O)N[C@@H]1[C@@H](O)[C@H](O)CO[C@H]1CO. The predicted octanol–water partition coefficient (Wildman–Crippen LogP) is -0.864. The van der Waals surface area contributed by atoms with Crippen molar-refractivity contribution in [3.8, 4) is 0 Å². The van der Waals surface area contributed by atoms with Crippen molar-refractivity contribution in [1.82, 2.24) is 15.5 Å². The summed E-state index contributed by atoms with van der Waals surface area (Å²) in [4.78, 5) is 48.1. The molecule has 0 aromatic carbocycles. The van der Waals surface area contributed by atoms with Gasteiger partial charge >= 0.3 is 0 Å². The van der Waals surface area contributed by atoms with Crippen LogP contribution in [0.5, 0.6) is 0 Å². The topological polar surface area (TPSA) is 166 Å². The zero-order valence-electron chi connectivity index (χ0n) is 19.5. The van der Waals surface area contributed by atoms with Crippen LogP contribution in [0.2, 0.25) is 0 Å². The van der Waals surface area contributed by atoms with Gasteiger partial charge in [0, 0.05) is 25.1 Å². The lowest BCUT2D eigenvalue weighted by Gasteiger charge is -2.37. The Morgan fingerprint density at radius 2 is 1.53 bits per heavy atom. The summed E-state index contributed by atoms with van der Waals surface area (Å²) in [5.74, 6) is -1.25. The first-order chi connectivity index (χ1) is 16.3. The number of hydrogen-bond acceptors (Lipinski definition) is 8. The second-order valence-corrected chi connectivity index (χ2v) is 8.72. The van der Waals surface area contributed by atoms with E-state index < -0.39 is 36.9 Å². The fourth-order valence-electron chi connectivity index (χ4n) is 4.00. The van der Waals surface area contributed by atoms with E-state index in [4.69, 9.17) is 4.74 Å². The smallest absolute Gasteiger partial charge is 0.253 e. The minimum Gasteiger partial charge on any atom is -0.394 e. The fourth-order valence-corrected chi connectivity index (χ4v) is 4.00. The highest BCUT2D eigenvalue weighted by atomic mass is 16.5. The number of unbranched alkanes of at least 4 members (excludes halogenated alkanes) is 7. The standard InChI is InChI=1S/C23H37N3O8/c27-14-17-22(23(33)16(28)15-34-17)25-19(30)13-24-18(29)9-7-5-3-1-2-4-6-8-12-26-20(31)10-11-21(26)32/h10-11,16-17,22-23,27-28,33H,1-9,12-15H2,(H,24,29)(H,25,30)/t16-,17+,22+,23+/m1/s1. The van der Waals surface area contributed by atoms with E-state index in [0.717, 1.165) is 44.9 Å². The van der Waals surface area contributed by atoms with Gasteiger partial charge in [-0.15, -0.1) is 0 Å². The van der Waals surface area contributed by atoms with Crippen LogP contribution in [0.4, 0.5) is 0 Å². The Hall–Kier alpha value is -2.34. The van der Waals surface area contributed by atoms with Gasteiger partial charge in [-0.1, -0.05) is 38.5 Å². The van der Waals surface area contributed by atoms with E-state index in [1.807, 2.05) is 0 Å². The minimum absolute atomic E-state index is 0.128. The zero-order valence-corrected chi connectivity index (χ0v) is 19.5. The van der Waals surface area contributed by atoms with Crippen molar-refractivity contribution in [2.45, 2.75) is 82.1 Å². The van der Waals surface area contributed by atoms with Crippen LogP contribution in [0.25, 0.3) is 0 Å². The van der Waals surface area contributed by atoms with Crippen LogP contribution in [0, 0.1) is 0 Å². The highest BCUT2D eigenvalue weighted by Gasteiger charge is 2.39. The van der Waals surface area contributed by atoms with E-state index in [2.05, 4.69) is 10.6 Å². The molecule has 11 heteroatoms. The second-order valence-electron chi connectivity index (χ2n) is 8.72. The summed E-state index contributed by atoms with van der Waals surface area (Å²) >= 11 is 0. The number of amides is 4. The van der Waals surface area contributed by atoms with E-state index in [-0.39, 0.29) is 30.9 Å². The summed E-state index contributed by atoms with van der Waals surface area (Å²) in [5, 5.41) is 34.0. The molecular formula is C23H37N3O8. The average molecular weight is 484 g/mol. The number of aliphatic hydroxyl groups is 3. The Labute approximate surface area is 199 Å². The van der Waals surface area contributed by atoms with Crippen LogP contribution in [-0.4, -0.2) is 94.5 Å². The molecule has 11 nitrogen and oxygen atoms in total. The molecule has 0 radical (unpaired) electrons. The van der Waals surface area contributed by atoms with Crippen molar-refractivity contribution in [1.29, 1.82) is 0 Å². The highest BCUT2D eigenvalue weighted by Crippen LogP contribution is 2.15. The molecule has 2 aliphatic rings. The number of carbonyl (C=O) groups excluding carboxylic acids is 4. The Morgan fingerprint density at radius 3 is 2.15 bits per heavy atom. The van der Waals surface area contributed by atoms with E-state index in [9.17, 15) is 34.5 Å². The molecule has 2 rings (SSSR count). The molecule has 2 aliphatic heterocycles. The Bertz CT molecular complexity index is 709. The number of aliphatic hydroxyl groups excluding tert-OH is 3. The second kappa shape index (κ2) is 14.8.